The van der Waals surface area contributed by atoms with Gasteiger partial charge >= 0.3 is 5.97 Å². The Morgan fingerprint density at radius 2 is 1.45 bits per heavy atom. The third-order valence-corrected chi connectivity index (χ3v) is 21.8. The number of halogens is 2. The number of methoxy groups -OCH3 is 1. The second-order valence-corrected chi connectivity index (χ2v) is 30.4. The molecule has 3 saturated heterocycles. The van der Waals surface area contributed by atoms with Crippen LogP contribution in [-0.4, -0.2) is 260 Å². The lowest BCUT2D eigenvalue weighted by Gasteiger charge is -2.53. The third kappa shape index (κ3) is 17.4. The monoisotopic (exact) mass is 1500 g/mol. The highest BCUT2D eigenvalue weighted by atomic mass is 35.5. The number of alkyl halides is 2. The molecule has 103 heavy (non-hydrogen) atoms. The maximum Gasteiger partial charge on any atom is 0.311 e. The average Bonchev–Trinajstić information content (AvgIpc) is 0.689. The number of benzene rings is 2. The van der Waals surface area contributed by atoms with Gasteiger partial charge in [-0.25, -0.2) is 0 Å². The third-order valence-electron chi connectivity index (χ3n) is 21.4. The molecular weight excluding hydrogens is 1400 g/mol. The number of fused-ring (bicyclic) bond motifs is 3. The maximum absolute atomic E-state index is 14.1. The molecule has 1 saturated carbocycles. The van der Waals surface area contributed by atoms with Gasteiger partial charge in [-0.15, -0.1) is 0 Å². The number of phenols is 1. The zero-order valence-electron chi connectivity index (χ0n) is 60.7. The number of nitrogens with two attached hydrogens (primary N) is 1. The topological polar surface area (TPSA) is 488 Å². The number of aliphatic hydroxyl groups is 11. The molecule has 2 aromatic rings. The molecule has 15 N–H and O–H groups in total. The van der Waals surface area contributed by atoms with Crippen LogP contribution in [0.4, 0.5) is 5.69 Å². The van der Waals surface area contributed by atoms with Crippen molar-refractivity contribution >= 4 is 69.8 Å². The lowest BCUT2D eigenvalue weighted by Crippen LogP contribution is -2.67. The smallest absolute Gasteiger partial charge is 0.311 e. The van der Waals surface area contributed by atoms with Crippen LogP contribution in [0.5, 0.6) is 5.75 Å². The number of nitro benzene ring substituents is 1. The van der Waals surface area contributed by atoms with Crippen molar-refractivity contribution in [1.29, 1.82) is 0 Å². The van der Waals surface area contributed by atoms with Crippen LogP contribution in [0.2, 0.25) is 0 Å². The first kappa shape index (κ1) is 86.0. The number of carbonyl (C=O) groups is 6. The largest absolute Gasteiger partial charge is 0.508 e. The van der Waals surface area contributed by atoms with Crippen LogP contribution in [0.3, 0.4) is 0 Å². The van der Waals surface area contributed by atoms with Crippen molar-refractivity contribution in [3.63, 3.8) is 0 Å². The predicted octanol–water partition coefficient (Wildman–Crippen LogP) is 2.32. The van der Waals surface area contributed by atoms with Gasteiger partial charge in [0.15, 0.2) is 28.8 Å². The fourth-order valence-corrected chi connectivity index (χ4v) is 15.5. The minimum Gasteiger partial charge on any atom is -0.508 e. The molecule has 0 unspecified atom stereocenters. The summed E-state index contributed by atoms with van der Waals surface area (Å²) in [5, 5.41) is 144. The normalized spacial score (nSPS) is 38.0. The summed E-state index contributed by atoms with van der Waals surface area (Å²) in [4.78, 5) is 89.7. The molecule has 3 aliphatic heterocycles. The summed E-state index contributed by atoms with van der Waals surface area (Å²) in [6.07, 6.45) is -11.2. The molecule has 8 rings (SSSR count). The molecule has 2 amide bonds. The lowest BCUT2D eigenvalue weighted by molar-refractivity contribution is -0.384. The van der Waals surface area contributed by atoms with Crippen molar-refractivity contribution in [3.05, 3.63) is 86.2 Å². The fourth-order valence-electron chi connectivity index (χ4n) is 15.4. The van der Waals surface area contributed by atoms with Crippen molar-refractivity contribution in [2.45, 2.75) is 227 Å². The number of phenolic OH excluding ortho intramolecular Hbond substituents is 1. The standard InChI is InChI=1S/C37H67NO13.C22H24N2O8.C11H12Cl2N2O5/c1-14-25-37(10,45)30(41)20(4)27(39)18(2)16-35(8,44)32(51-34-28(40)24(38(11)12)15-19(3)47-34)21(5)29(22(6)33(43)49-25)50-26-17-36(9,46-13)31(42)23(7)48-26;1-21(31)8-5-4-6-11(25)12(8)16(26)13-9(21)7-10-15(24(2)3)17(27)14(20(23)30)19(29)22(10,32)18(13)28;12-10(13)11(18)14-8(5-16)9(17)6-1-3-7(4-2-6)15(19)20/h18-26,28-32,34,40-42,44-45H,14-17H2,1-13H3;4-6,9-10,15,25-26,29,31-32H,7H2,1-3H3,(H2,23,30);1-4,8-10,16-17H,5H2,(H,14,18)/t18-,19-,20+,21+,22-,23+,24+,25-,26+,28-,29+,30-,31+,32-,34+,35-,36-,37-;9-,10-,15-,21+,22-;8-,9-/m101/s1. The quantitative estimate of drug-likeness (QED) is 0.0400. The highest BCUT2D eigenvalue weighted by Gasteiger charge is 2.67. The van der Waals surface area contributed by atoms with Gasteiger partial charge in [0.2, 0.25) is 5.78 Å². The van der Waals surface area contributed by atoms with E-state index in [1.807, 2.05) is 25.9 Å². The molecule has 3 aliphatic carbocycles. The molecule has 31 nitrogen and oxygen atoms in total. The van der Waals surface area contributed by atoms with Gasteiger partial charge in [0, 0.05) is 66.9 Å². The Kier molecular flexibility index (Phi) is 28.0. The van der Waals surface area contributed by atoms with E-state index in [-0.39, 0.29) is 54.6 Å². The average molecular weight is 1500 g/mol. The van der Waals surface area contributed by atoms with E-state index in [1.165, 1.54) is 96.3 Å². The molecule has 25 atom stereocenters. The number of rotatable bonds is 15. The van der Waals surface area contributed by atoms with Gasteiger partial charge in [0.25, 0.3) is 17.5 Å². The first-order valence-corrected chi connectivity index (χ1v) is 34.8. The summed E-state index contributed by atoms with van der Waals surface area (Å²) >= 11 is 10.7. The Hall–Kier alpha value is -5.92. The minimum atomic E-state index is -2.75. The van der Waals surface area contributed by atoms with Crippen molar-refractivity contribution in [2.24, 2.45) is 41.2 Å². The lowest BCUT2D eigenvalue weighted by atomic mass is 9.54. The number of hydrogen-bond acceptors (Lipinski definition) is 28. The summed E-state index contributed by atoms with van der Waals surface area (Å²) in [5.41, 5.74) is -5.22. The number of ketones is 3. The molecule has 3 heterocycles. The van der Waals surface area contributed by atoms with E-state index in [2.05, 4.69) is 5.32 Å². The zero-order chi connectivity index (χ0) is 78.2. The van der Waals surface area contributed by atoms with Crippen molar-refractivity contribution in [2.75, 3.05) is 41.9 Å². The predicted molar refractivity (Wildman–Crippen MR) is 369 cm³/mol. The number of likely N-dealkylation sites (N-methyl/N-ethyl adjacent to an activating group) is 2. The molecular formula is C70H103Cl2N5O26. The molecule has 33 heteroatoms. The Bertz CT molecular complexity index is 3480. The summed E-state index contributed by atoms with van der Waals surface area (Å²) in [6, 6.07) is 6.75. The number of non-ortho nitro benzene ring substituents is 1. The number of primary amides is 1. The van der Waals surface area contributed by atoms with Gasteiger partial charge in [-0.2, -0.15) is 0 Å². The van der Waals surface area contributed by atoms with Crippen LogP contribution >= 0.6 is 23.2 Å². The Morgan fingerprint density at radius 1 is 0.845 bits per heavy atom. The van der Waals surface area contributed by atoms with E-state index in [1.54, 1.807) is 41.5 Å². The van der Waals surface area contributed by atoms with Crippen LogP contribution < -0.4 is 11.1 Å². The number of amides is 2. The van der Waals surface area contributed by atoms with E-state index in [9.17, 15) is 95.1 Å². The first-order chi connectivity index (χ1) is 47.6. The number of carbonyl (C=O) groups excluding carboxylic acids is 6. The molecule has 2 aromatic carbocycles. The molecule has 6 aliphatic rings. The zero-order valence-corrected chi connectivity index (χ0v) is 62.2. The maximum atomic E-state index is 14.1. The number of cyclic esters (lactones) is 1. The van der Waals surface area contributed by atoms with Crippen molar-refractivity contribution in [3.8, 4) is 5.75 Å². The Morgan fingerprint density at radius 3 is 1.97 bits per heavy atom. The molecule has 0 spiro atoms. The second kappa shape index (κ2) is 33.5. The highest BCUT2D eigenvalue weighted by molar-refractivity contribution is 6.53. The van der Waals surface area contributed by atoms with E-state index < -0.39 is 217 Å². The van der Waals surface area contributed by atoms with Gasteiger partial charge in [0.1, 0.15) is 58.6 Å². The first-order valence-electron chi connectivity index (χ1n) is 33.9. The Labute approximate surface area is 607 Å². The van der Waals surface area contributed by atoms with E-state index in [0.29, 0.717) is 12.0 Å². The number of nitrogens with one attached hydrogen (secondary N) is 1. The number of hydrogen-bond donors (Lipinski definition) is 14. The van der Waals surface area contributed by atoms with Gasteiger partial charge in [-0.1, -0.05) is 63.0 Å². The number of aromatic hydroxyl groups is 1. The van der Waals surface area contributed by atoms with Crippen LogP contribution in [-0.2, 0) is 62.8 Å². The van der Waals surface area contributed by atoms with Gasteiger partial charge in [-0.3, -0.25) is 43.8 Å². The minimum absolute atomic E-state index is 0.0936. The van der Waals surface area contributed by atoms with E-state index >= 15 is 0 Å². The molecule has 578 valence electrons. The number of nitrogens with zero attached hydrogens (tertiary/aromatic N) is 3. The second-order valence-electron chi connectivity index (χ2n) is 29.3. The van der Waals surface area contributed by atoms with Gasteiger partial charge in [0.05, 0.1) is 82.4 Å². The number of ether oxygens (including phenoxy) is 6. The molecule has 4 fully saturated rings. The number of esters is 1. The molecule has 0 bridgehead atoms. The van der Waals surface area contributed by atoms with Crippen LogP contribution in [0.15, 0.2) is 59.4 Å². The summed E-state index contributed by atoms with van der Waals surface area (Å²) < 4.78 is 37.1. The number of aliphatic hydroxyl groups excluding tert-OH is 7. The van der Waals surface area contributed by atoms with E-state index in [0.717, 1.165) is 0 Å². The van der Waals surface area contributed by atoms with Gasteiger partial charge < -0.3 is 106 Å². The summed E-state index contributed by atoms with van der Waals surface area (Å²) in [6.45, 7) is 17.2. The summed E-state index contributed by atoms with van der Waals surface area (Å²) in [7, 11) is 8.18. The van der Waals surface area contributed by atoms with Crippen LogP contribution in [0.25, 0.3) is 5.76 Å². The van der Waals surface area contributed by atoms with Crippen LogP contribution in [0, 0.1) is 45.6 Å². The fraction of sp³-hybridized carbons (Fsp3) is 0.686. The SMILES string of the molecule is CC[C@H]1OC(=O)[C@H](C)[C@@H](O[C@H]2C[C@@](C)(OC)[C@@H](O)[C@H](C)O2)[C@H](C)[C@@H](O[C@@H]2O[C@H](C)C[C@H](N(C)C)[C@H]2O)[C@](C)(O)C[C@@H](C)C(=O)[C@H](C)[C@@H](O)[C@]1(C)O.CN(C)[C@@H]1C(=O)C(C(N)=O)=C(O)[C@@]2(O)C(=O)C3=C(O)c4c(O)cccc4[C@@](C)(O)[C@H]3C[C@@H]12.O=C(N[C@H](CO)[C@H](O)c1ccc([N+](=O)[O-])cc1)C(Cl)Cl. The van der Waals surface area contributed by atoms with E-state index in [4.69, 9.17) is 62.5 Å². The highest BCUT2D eigenvalue weighted by Crippen LogP contribution is 2.57. The van der Waals surface area contributed by atoms with Crippen molar-refractivity contribution < 1.29 is 123 Å². The summed E-state index contributed by atoms with van der Waals surface area (Å²) in [5.74, 6) is -13.6. The number of nitro groups is 1. The number of Topliss-reactive ketones (excluding diaryl/α,β-unsaturated/α-hetero) is 3. The molecule has 0 radical (unpaired) electrons. The molecule has 0 aromatic heterocycles. The van der Waals surface area contributed by atoms with Crippen molar-refractivity contribution in [1.82, 2.24) is 15.1 Å². The van der Waals surface area contributed by atoms with Gasteiger partial charge in [-0.05, 0) is 132 Å². The van der Waals surface area contributed by atoms with Crippen LogP contribution in [0.1, 0.15) is 131 Å². The Balaban J connectivity index is 0.000000270.